The average Bonchev–Trinajstić information content (AvgIpc) is 3.29. The zero-order valence-corrected chi connectivity index (χ0v) is 15.7. The van der Waals surface area contributed by atoms with Gasteiger partial charge in [0.05, 0.1) is 7.11 Å². The summed E-state index contributed by atoms with van der Waals surface area (Å²) in [5, 5.41) is 0. The summed E-state index contributed by atoms with van der Waals surface area (Å²) < 4.78 is 10.8. The normalized spacial score (nSPS) is 13.4. The van der Waals surface area contributed by atoms with Crippen molar-refractivity contribution in [2.24, 2.45) is 0 Å². The number of nitrogens with zero attached hydrogens (tertiary/aromatic N) is 3. The number of amides is 1. The number of ether oxygens (including phenoxy) is 2. The Morgan fingerprint density at radius 2 is 1.46 bits per heavy atom. The second-order valence-corrected chi connectivity index (χ2v) is 6.61. The Morgan fingerprint density at radius 3 is 2.07 bits per heavy atom. The molecule has 2 heterocycles. The first-order chi connectivity index (χ1) is 13.7. The van der Waals surface area contributed by atoms with Crippen molar-refractivity contribution in [2.45, 2.75) is 12.8 Å². The Labute approximate surface area is 163 Å². The lowest BCUT2D eigenvalue weighted by Gasteiger charge is -2.15. The summed E-state index contributed by atoms with van der Waals surface area (Å²) in [6.45, 7) is 1.70. The fourth-order valence-electron chi connectivity index (χ4n) is 3.18. The van der Waals surface area contributed by atoms with Gasteiger partial charge in [-0.2, -0.15) is 0 Å². The Bertz CT molecular complexity index is 932. The van der Waals surface area contributed by atoms with E-state index < -0.39 is 0 Å². The van der Waals surface area contributed by atoms with Crippen LogP contribution in [0.15, 0.2) is 60.9 Å². The number of hydrogen-bond donors (Lipinski definition) is 0. The largest absolute Gasteiger partial charge is 0.497 e. The van der Waals surface area contributed by atoms with Crippen molar-refractivity contribution in [2.75, 3.05) is 20.2 Å². The Morgan fingerprint density at radius 1 is 0.857 bits per heavy atom. The van der Waals surface area contributed by atoms with Gasteiger partial charge in [0.2, 0.25) is 0 Å². The molecule has 6 heteroatoms. The molecule has 28 heavy (non-hydrogen) atoms. The molecule has 4 rings (SSSR count). The highest BCUT2D eigenvalue weighted by Crippen LogP contribution is 2.24. The van der Waals surface area contributed by atoms with Crippen LogP contribution in [0.1, 0.15) is 23.2 Å². The van der Waals surface area contributed by atoms with E-state index in [1.807, 2.05) is 41.3 Å². The number of carbonyl (C=O) groups excluding carboxylic acids is 1. The Balaban J connectivity index is 1.43. The number of carbonyl (C=O) groups is 1. The van der Waals surface area contributed by atoms with Crippen LogP contribution < -0.4 is 9.47 Å². The van der Waals surface area contributed by atoms with Crippen LogP contribution >= 0.6 is 0 Å². The van der Waals surface area contributed by atoms with Crippen molar-refractivity contribution in [3.63, 3.8) is 0 Å². The molecule has 3 aromatic rings. The highest BCUT2D eigenvalue weighted by molar-refractivity contribution is 5.94. The summed E-state index contributed by atoms with van der Waals surface area (Å²) in [5.74, 6) is 1.50. The van der Waals surface area contributed by atoms with Crippen LogP contribution in [-0.2, 0) is 0 Å². The van der Waals surface area contributed by atoms with Gasteiger partial charge in [0.15, 0.2) is 0 Å². The van der Waals surface area contributed by atoms with Gasteiger partial charge in [0.1, 0.15) is 11.5 Å². The lowest BCUT2D eigenvalue weighted by Crippen LogP contribution is -2.27. The minimum Gasteiger partial charge on any atom is -0.497 e. The third-order valence-corrected chi connectivity index (χ3v) is 4.76. The summed E-state index contributed by atoms with van der Waals surface area (Å²) in [5.41, 5.74) is 2.53. The molecule has 1 amide bonds. The summed E-state index contributed by atoms with van der Waals surface area (Å²) >= 11 is 0. The van der Waals surface area contributed by atoms with Gasteiger partial charge in [0, 0.05) is 36.6 Å². The average molecular weight is 375 g/mol. The summed E-state index contributed by atoms with van der Waals surface area (Å²) in [6, 6.07) is 15.1. The number of aromatic nitrogens is 2. The van der Waals surface area contributed by atoms with Gasteiger partial charge in [-0.3, -0.25) is 4.79 Å². The van der Waals surface area contributed by atoms with Gasteiger partial charge >= 0.3 is 6.01 Å². The van der Waals surface area contributed by atoms with Crippen LogP contribution in [0.2, 0.25) is 0 Å². The molecule has 0 saturated carbocycles. The monoisotopic (exact) mass is 375 g/mol. The number of hydrogen-bond acceptors (Lipinski definition) is 5. The maximum Gasteiger partial charge on any atom is 0.321 e. The van der Waals surface area contributed by atoms with Gasteiger partial charge < -0.3 is 14.4 Å². The predicted octanol–water partition coefficient (Wildman–Crippen LogP) is 4.18. The third kappa shape index (κ3) is 3.96. The first-order valence-corrected chi connectivity index (χ1v) is 9.26. The van der Waals surface area contributed by atoms with Gasteiger partial charge in [-0.1, -0.05) is 12.1 Å². The van der Waals surface area contributed by atoms with E-state index in [1.54, 1.807) is 31.6 Å². The lowest BCUT2D eigenvalue weighted by molar-refractivity contribution is 0.0793. The molecular weight excluding hydrogens is 354 g/mol. The smallest absolute Gasteiger partial charge is 0.321 e. The molecule has 6 nitrogen and oxygen atoms in total. The van der Waals surface area contributed by atoms with Crippen molar-refractivity contribution in [1.82, 2.24) is 14.9 Å². The van der Waals surface area contributed by atoms with Gasteiger partial charge in [0.25, 0.3) is 5.91 Å². The highest BCUT2D eigenvalue weighted by Gasteiger charge is 2.19. The molecule has 2 aromatic carbocycles. The molecule has 0 aliphatic carbocycles. The SMILES string of the molecule is COc1ccc(Oc2ncc(-c3ccc(C(=O)N4CCCC4)cc3)cn2)cc1. The fraction of sp³-hybridized carbons (Fsp3) is 0.227. The third-order valence-electron chi connectivity index (χ3n) is 4.76. The van der Waals surface area contributed by atoms with E-state index in [2.05, 4.69) is 9.97 Å². The van der Waals surface area contributed by atoms with Crippen LogP contribution in [0.25, 0.3) is 11.1 Å². The molecule has 0 atom stereocenters. The molecule has 1 aliphatic heterocycles. The van der Waals surface area contributed by atoms with E-state index in [-0.39, 0.29) is 11.9 Å². The second-order valence-electron chi connectivity index (χ2n) is 6.61. The quantitative estimate of drug-likeness (QED) is 0.669. The lowest BCUT2D eigenvalue weighted by atomic mass is 10.1. The van der Waals surface area contributed by atoms with Crippen LogP contribution in [-0.4, -0.2) is 41.0 Å². The molecule has 0 bridgehead atoms. The van der Waals surface area contributed by atoms with Crippen LogP contribution in [0.4, 0.5) is 0 Å². The van der Waals surface area contributed by atoms with Gasteiger partial charge in [-0.05, 0) is 54.8 Å². The van der Waals surface area contributed by atoms with Gasteiger partial charge in [-0.25, -0.2) is 9.97 Å². The van der Waals surface area contributed by atoms with E-state index in [0.717, 1.165) is 42.8 Å². The number of benzene rings is 2. The molecule has 1 aliphatic rings. The van der Waals surface area contributed by atoms with E-state index in [9.17, 15) is 4.79 Å². The zero-order chi connectivity index (χ0) is 19.3. The molecule has 0 spiro atoms. The topological polar surface area (TPSA) is 64.6 Å². The van der Waals surface area contributed by atoms with Gasteiger partial charge in [-0.15, -0.1) is 0 Å². The van der Waals surface area contributed by atoms with Crippen molar-refractivity contribution >= 4 is 5.91 Å². The van der Waals surface area contributed by atoms with Crippen molar-refractivity contribution in [1.29, 1.82) is 0 Å². The van der Waals surface area contributed by atoms with Crippen molar-refractivity contribution < 1.29 is 14.3 Å². The molecular formula is C22H21N3O3. The first-order valence-electron chi connectivity index (χ1n) is 9.26. The van der Waals surface area contributed by atoms with Crippen molar-refractivity contribution in [3.8, 4) is 28.6 Å². The molecule has 1 saturated heterocycles. The highest BCUT2D eigenvalue weighted by atomic mass is 16.5. The van der Waals surface area contributed by atoms with E-state index >= 15 is 0 Å². The van der Waals surface area contributed by atoms with E-state index in [0.29, 0.717) is 11.3 Å². The van der Waals surface area contributed by atoms with Crippen LogP contribution in [0, 0.1) is 0 Å². The Hall–Kier alpha value is -3.41. The second kappa shape index (κ2) is 8.08. The molecule has 1 aromatic heterocycles. The molecule has 142 valence electrons. The molecule has 0 N–H and O–H groups in total. The fourth-order valence-corrected chi connectivity index (χ4v) is 3.18. The minimum absolute atomic E-state index is 0.100. The summed E-state index contributed by atoms with van der Waals surface area (Å²) in [7, 11) is 1.62. The number of likely N-dealkylation sites (tertiary alicyclic amines) is 1. The molecule has 0 unspecified atom stereocenters. The minimum atomic E-state index is 0.100. The standard InChI is InChI=1S/C22H21N3O3/c1-27-19-8-10-20(11-9-19)28-22-23-14-18(15-24-22)16-4-6-17(7-5-16)21(26)25-12-2-3-13-25/h4-11,14-15H,2-3,12-13H2,1H3. The van der Waals surface area contributed by atoms with Crippen LogP contribution in [0.3, 0.4) is 0 Å². The zero-order valence-electron chi connectivity index (χ0n) is 15.7. The first kappa shape index (κ1) is 18.0. The summed E-state index contributed by atoms with van der Waals surface area (Å²) in [6.07, 6.45) is 5.60. The Kier molecular flexibility index (Phi) is 5.19. The van der Waals surface area contributed by atoms with E-state index in [1.165, 1.54) is 0 Å². The number of methoxy groups -OCH3 is 1. The maximum absolute atomic E-state index is 12.4. The van der Waals surface area contributed by atoms with E-state index in [4.69, 9.17) is 9.47 Å². The summed E-state index contributed by atoms with van der Waals surface area (Å²) in [4.78, 5) is 22.9. The van der Waals surface area contributed by atoms with Crippen LogP contribution in [0.5, 0.6) is 17.5 Å². The molecule has 1 fully saturated rings. The molecule has 0 radical (unpaired) electrons. The van der Waals surface area contributed by atoms with Crippen molar-refractivity contribution in [3.05, 3.63) is 66.5 Å². The maximum atomic E-state index is 12.4. The number of rotatable bonds is 5. The predicted molar refractivity (Wildman–Crippen MR) is 106 cm³/mol.